The van der Waals surface area contributed by atoms with Gasteiger partial charge < -0.3 is 4.98 Å². The van der Waals surface area contributed by atoms with Crippen LogP contribution in [0.4, 0.5) is 0 Å². The third-order valence-corrected chi connectivity index (χ3v) is 4.33. The molecule has 0 saturated heterocycles. The molecule has 5 heteroatoms. The Labute approximate surface area is 136 Å². The SMILES string of the molecule is CC(C)(C)c1nc(Br)cc(Sc2cc3ccccc3[nH]2)n1. The highest BCUT2D eigenvalue weighted by Crippen LogP contribution is 2.31. The highest BCUT2D eigenvalue weighted by atomic mass is 79.9. The minimum Gasteiger partial charge on any atom is -0.349 e. The molecule has 0 amide bonds. The molecule has 3 aromatic rings. The van der Waals surface area contributed by atoms with E-state index in [9.17, 15) is 0 Å². The molecule has 3 rings (SSSR count). The predicted octanol–water partition coefficient (Wildman–Crippen LogP) is 5.17. The fourth-order valence-electron chi connectivity index (χ4n) is 2.00. The molecule has 108 valence electrons. The maximum atomic E-state index is 4.67. The van der Waals surface area contributed by atoms with Crippen molar-refractivity contribution in [2.45, 2.75) is 36.2 Å². The molecule has 0 spiro atoms. The zero-order chi connectivity index (χ0) is 15.0. The third kappa shape index (κ3) is 3.30. The predicted molar refractivity (Wildman–Crippen MR) is 90.9 cm³/mol. The minimum atomic E-state index is -0.0699. The Kier molecular flexibility index (Phi) is 3.80. The van der Waals surface area contributed by atoms with E-state index in [0.717, 1.165) is 26.0 Å². The van der Waals surface area contributed by atoms with Crippen molar-refractivity contribution < 1.29 is 0 Å². The quantitative estimate of drug-likeness (QED) is 0.640. The van der Waals surface area contributed by atoms with Gasteiger partial charge in [-0.2, -0.15) is 0 Å². The topological polar surface area (TPSA) is 41.6 Å². The Balaban J connectivity index is 1.95. The molecule has 0 atom stereocenters. The first-order chi connectivity index (χ1) is 9.91. The van der Waals surface area contributed by atoms with Gasteiger partial charge in [-0.3, -0.25) is 0 Å². The van der Waals surface area contributed by atoms with Crippen LogP contribution in [0.5, 0.6) is 0 Å². The molecule has 0 aliphatic heterocycles. The van der Waals surface area contributed by atoms with E-state index >= 15 is 0 Å². The Hall–Kier alpha value is -1.33. The fraction of sp³-hybridized carbons (Fsp3) is 0.250. The van der Waals surface area contributed by atoms with Crippen LogP contribution >= 0.6 is 27.7 Å². The molecular formula is C16H16BrN3S. The van der Waals surface area contributed by atoms with Gasteiger partial charge in [0.2, 0.25) is 0 Å². The first-order valence-corrected chi connectivity index (χ1v) is 8.33. The summed E-state index contributed by atoms with van der Waals surface area (Å²) in [7, 11) is 0. The van der Waals surface area contributed by atoms with Gasteiger partial charge in [0.05, 0.1) is 5.03 Å². The Morgan fingerprint density at radius 1 is 1.10 bits per heavy atom. The number of halogens is 1. The van der Waals surface area contributed by atoms with E-state index in [-0.39, 0.29) is 5.41 Å². The van der Waals surface area contributed by atoms with Gasteiger partial charge in [-0.15, -0.1) is 0 Å². The second-order valence-electron chi connectivity index (χ2n) is 5.93. The maximum absolute atomic E-state index is 4.67. The van der Waals surface area contributed by atoms with Crippen molar-refractivity contribution in [3.8, 4) is 0 Å². The average Bonchev–Trinajstić information content (AvgIpc) is 2.79. The molecule has 21 heavy (non-hydrogen) atoms. The monoisotopic (exact) mass is 361 g/mol. The van der Waals surface area contributed by atoms with Gasteiger partial charge in [0, 0.05) is 22.4 Å². The summed E-state index contributed by atoms with van der Waals surface area (Å²) in [5.74, 6) is 0.843. The van der Waals surface area contributed by atoms with Crippen molar-refractivity contribution in [3.05, 3.63) is 46.8 Å². The second kappa shape index (κ2) is 5.46. The lowest BCUT2D eigenvalue weighted by atomic mass is 9.96. The van der Waals surface area contributed by atoms with E-state index in [1.165, 1.54) is 5.39 Å². The van der Waals surface area contributed by atoms with Crippen molar-refractivity contribution in [1.82, 2.24) is 15.0 Å². The first-order valence-electron chi connectivity index (χ1n) is 6.72. The summed E-state index contributed by atoms with van der Waals surface area (Å²) in [6.07, 6.45) is 0. The number of nitrogens with one attached hydrogen (secondary N) is 1. The van der Waals surface area contributed by atoms with Crippen LogP contribution in [0.1, 0.15) is 26.6 Å². The standard InChI is InChI=1S/C16H16BrN3S/c1-16(2,3)15-19-12(17)9-14(20-15)21-13-8-10-6-4-5-7-11(10)18-13/h4-9,18H,1-3H3. The molecule has 0 unspecified atom stereocenters. The van der Waals surface area contributed by atoms with Crippen LogP contribution in [0.15, 0.2) is 51.1 Å². The van der Waals surface area contributed by atoms with Gasteiger partial charge >= 0.3 is 0 Å². The molecule has 0 aliphatic rings. The molecule has 0 fully saturated rings. The molecule has 0 bridgehead atoms. The van der Waals surface area contributed by atoms with Gasteiger partial charge in [0.1, 0.15) is 15.5 Å². The van der Waals surface area contributed by atoms with E-state index < -0.39 is 0 Å². The van der Waals surface area contributed by atoms with Gasteiger partial charge in [-0.25, -0.2) is 9.97 Å². The van der Waals surface area contributed by atoms with E-state index in [1.54, 1.807) is 11.8 Å². The van der Waals surface area contributed by atoms with Crippen LogP contribution in [-0.2, 0) is 5.41 Å². The minimum absolute atomic E-state index is 0.0699. The van der Waals surface area contributed by atoms with Crippen LogP contribution in [0.25, 0.3) is 10.9 Å². The number of rotatable bonds is 2. The summed E-state index contributed by atoms with van der Waals surface area (Å²) in [5, 5.41) is 3.24. The Bertz CT molecular complexity index is 757. The summed E-state index contributed by atoms with van der Waals surface area (Å²) in [6, 6.07) is 12.4. The number of para-hydroxylation sites is 1. The molecule has 0 aliphatic carbocycles. The molecule has 0 saturated carbocycles. The molecule has 1 N–H and O–H groups in total. The number of aromatic nitrogens is 3. The van der Waals surface area contributed by atoms with Gasteiger partial charge in [0.15, 0.2) is 0 Å². The van der Waals surface area contributed by atoms with Crippen LogP contribution in [0, 0.1) is 0 Å². The van der Waals surface area contributed by atoms with Crippen LogP contribution in [-0.4, -0.2) is 15.0 Å². The number of fused-ring (bicyclic) bond motifs is 1. The van der Waals surface area contributed by atoms with Gasteiger partial charge in [-0.1, -0.05) is 50.7 Å². The second-order valence-corrected chi connectivity index (χ2v) is 7.80. The summed E-state index contributed by atoms with van der Waals surface area (Å²) < 4.78 is 0.820. The zero-order valence-corrected chi connectivity index (χ0v) is 14.5. The van der Waals surface area contributed by atoms with Crippen LogP contribution in [0.3, 0.4) is 0 Å². The molecular weight excluding hydrogens is 346 g/mol. The van der Waals surface area contributed by atoms with Gasteiger partial charge in [-0.05, 0) is 28.1 Å². The lowest BCUT2D eigenvalue weighted by Crippen LogP contribution is -2.16. The number of aromatic amines is 1. The Morgan fingerprint density at radius 3 is 2.57 bits per heavy atom. The summed E-state index contributed by atoms with van der Waals surface area (Å²) >= 11 is 5.10. The van der Waals surface area contributed by atoms with Crippen molar-refractivity contribution in [2.75, 3.05) is 0 Å². The average molecular weight is 362 g/mol. The lowest BCUT2D eigenvalue weighted by Gasteiger charge is -2.17. The molecule has 3 nitrogen and oxygen atoms in total. The smallest absolute Gasteiger partial charge is 0.136 e. The molecule has 1 aromatic carbocycles. The van der Waals surface area contributed by atoms with E-state index in [0.29, 0.717) is 0 Å². The fourth-order valence-corrected chi connectivity index (χ4v) is 3.41. The molecule has 2 aromatic heterocycles. The van der Waals surface area contributed by atoms with E-state index in [4.69, 9.17) is 0 Å². The van der Waals surface area contributed by atoms with E-state index in [1.807, 2.05) is 18.2 Å². The summed E-state index contributed by atoms with van der Waals surface area (Å²) in [6.45, 7) is 6.35. The zero-order valence-electron chi connectivity index (χ0n) is 12.1. The molecule has 0 radical (unpaired) electrons. The number of nitrogens with zero attached hydrogens (tertiary/aromatic N) is 2. The van der Waals surface area contributed by atoms with Crippen molar-refractivity contribution in [2.24, 2.45) is 0 Å². The van der Waals surface area contributed by atoms with E-state index in [2.05, 4.69) is 69.9 Å². The third-order valence-electron chi connectivity index (χ3n) is 3.06. The van der Waals surface area contributed by atoms with Crippen molar-refractivity contribution in [1.29, 1.82) is 0 Å². The summed E-state index contributed by atoms with van der Waals surface area (Å²) in [4.78, 5) is 12.6. The highest BCUT2D eigenvalue weighted by molar-refractivity contribution is 9.10. The maximum Gasteiger partial charge on any atom is 0.136 e. The number of benzene rings is 1. The largest absolute Gasteiger partial charge is 0.349 e. The van der Waals surface area contributed by atoms with Gasteiger partial charge in [0.25, 0.3) is 0 Å². The number of hydrogen-bond acceptors (Lipinski definition) is 3. The van der Waals surface area contributed by atoms with Crippen LogP contribution < -0.4 is 0 Å². The van der Waals surface area contributed by atoms with Crippen molar-refractivity contribution in [3.63, 3.8) is 0 Å². The normalized spacial score (nSPS) is 12.0. The lowest BCUT2D eigenvalue weighted by molar-refractivity contribution is 0.536. The highest BCUT2D eigenvalue weighted by Gasteiger charge is 2.19. The number of hydrogen-bond donors (Lipinski definition) is 1. The molecule has 2 heterocycles. The van der Waals surface area contributed by atoms with Crippen molar-refractivity contribution >= 4 is 38.6 Å². The number of H-pyrrole nitrogens is 1. The Morgan fingerprint density at radius 2 is 1.86 bits per heavy atom. The van der Waals surface area contributed by atoms with Crippen LogP contribution in [0.2, 0.25) is 0 Å². The first kappa shape index (κ1) is 14.6. The summed E-state index contributed by atoms with van der Waals surface area (Å²) in [5.41, 5.74) is 1.07.